The van der Waals surface area contributed by atoms with Crippen molar-refractivity contribution in [2.75, 3.05) is 50.1 Å². The first-order valence-electron chi connectivity index (χ1n) is 13.8. The topological polar surface area (TPSA) is 71.1 Å². The number of ether oxygens (including phenoxy) is 2. The molecule has 3 aromatic rings. The van der Waals surface area contributed by atoms with Crippen LogP contribution in [0.3, 0.4) is 0 Å². The predicted octanol–water partition coefficient (Wildman–Crippen LogP) is 5.79. The third-order valence-electron chi connectivity index (χ3n) is 8.53. The molecule has 0 unspecified atom stereocenters. The van der Waals surface area contributed by atoms with Gasteiger partial charge in [-0.25, -0.2) is 4.79 Å². The molecule has 1 spiro atoms. The first kappa shape index (κ1) is 25.4. The number of fused-ring (bicyclic) bond motifs is 3. The van der Waals surface area contributed by atoms with Gasteiger partial charge in [0.05, 0.1) is 13.2 Å². The first-order chi connectivity index (χ1) is 18.9. The van der Waals surface area contributed by atoms with Gasteiger partial charge in [-0.15, -0.1) is 0 Å². The minimum Gasteiger partial charge on any atom is -0.492 e. The second kappa shape index (κ2) is 10.0. The molecule has 7 heteroatoms. The SMILES string of the molecule is CCOC(=O)Nc1ccc(-c2ccc(C(=O)N3CCc4cc5c(cc43)C3(CCN(C)CC3)CO5)cc2)c(C)c1. The summed E-state index contributed by atoms with van der Waals surface area (Å²) in [6, 6.07) is 18.0. The summed E-state index contributed by atoms with van der Waals surface area (Å²) in [5, 5.41) is 2.74. The molecule has 3 aromatic carbocycles. The number of likely N-dealkylation sites (tertiary alicyclic amines) is 1. The summed E-state index contributed by atoms with van der Waals surface area (Å²) in [5.41, 5.74) is 8.03. The number of rotatable bonds is 4. The maximum atomic E-state index is 13.7. The molecule has 6 rings (SSSR count). The lowest BCUT2D eigenvalue weighted by atomic mass is 9.74. The van der Waals surface area contributed by atoms with Gasteiger partial charge in [0, 0.05) is 34.5 Å². The minimum atomic E-state index is -0.463. The zero-order valence-corrected chi connectivity index (χ0v) is 22.9. The molecule has 2 amide bonds. The van der Waals surface area contributed by atoms with E-state index in [1.165, 1.54) is 11.1 Å². The maximum absolute atomic E-state index is 13.7. The number of hydrogen-bond acceptors (Lipinski definition) is 5. The average molecular weight is 526 g/mol. The lowest BCUT2D eigenvalue weighted by molar-refractivity contribution is 0.0989. The number of piperidine rings is 1. The smallest absolute Gasteiger partial charge is 0.411 e. The molecular weight excluding hydrogens is 490 g/mol. The maximum Gasteiger partial charge on any atom is 0.411 e. The number of nitrogens with zero attached hydrogens (tertiary/aromatic N) is 2. The van der Waals surface area contributed by atoms with Crippen LogP contribution in [-0.4, -0.2) is 56.8 Å². The Kier molecular flexibility index (Phi) is 6.55. The fraction of sp³-hybridized carbons (Fsp3) is 0.375. The molecule has 0 bridgehead atoms. The molecule has 1 saturated heterocycles. The van der Waals surface area contributed by atoms with Crippen LogP contribution < -0.4 is 15.0 Å². The van der Waals surface area contributed by atoms with Crippen molar-refractivity contribution in [2.24, 2.45) is 0 Å². The second-order valence-electron chi connectivity index (χ2n) is 11.0. The number of amides is 2. The standard InChI is InChI=1S/C32H35N3O4/c1-4-38-31(37)33-25-9-10-26(21(2)17-25)22-5-7-23(8-6-22)30(36)35-14-11-24-18-29-27(19-28(24)35)32(20-39-29)12-15-34(3)16-13-32/h5-10,17-19H,4,11-16,20H2,1-3H3,(H,33,37). The van der Waals surface area contributed by atoms with E-state index in [1.54, 1.807) is 6.92 Å². The van der Waals surface area contributed by atoms with E-state index in [2.05, 4.69) is 29.4 Å². The normalized spacial score (nSPS) is 17.5. The largest absolute Gasteiger partial charge is 0.492 e. The van der Waals surface area contributed by atoms with Gasteiger partial charge in [0.25, 0.3) is 5.91 Å². The van der Waals surface area contributed by atoms with Gasteiger partial charge in [0.2, 0.25) is 0 Å². The van der Waals surface area contributed by atoms with E-state index >= 15 is 0 Å². The molecular formula is C32H35N3O4. The molecule has 0 atom stereocenters. The number of carbonyl (C=O) groups is 2. The van der Waals surface area contributed by atoms with Crippen LogP contribution in [0.2, 0.25) is 0 Å². The van der Waals surface area contributed by atoms with E-state index in [1.807, 2.05) is 54.3 Å². The summed E-state index contributed by atoms with van der Waals surface area (Å²) in [6.45, 7) is 7.67. The number of anilines is 2. The lowest BCUT2D eigenvalue weighted by Gasteiger charge is -2.37. The van der Waals surface area contributed by atoms with E-state index in [4.69, 9.17) is 9.47 Å². The van der Waals surface area contributed by atoms with Gasteiger partial charge >= 0.3 is 6.09 Å². The summed E-state index contributed by atoms with van der Waals surface area (Å²) >= 11 is 0. The quantitative estimate of drug-likeness (QED) is 0.467. The fourth-order valence-electron chi connectivity index (χ4n) is 6.21. The molecule has 3 aliphatic heterocycles. The van der Waals surface area contributed by atoms with E-state index in [0.29, 0.717) is 24.4 Å². The van der Waals surface area contributed by atoms with E-state index in [0.717, 1.165) is 67.1 Å². The van der Waals surface area contributed by atoms with Gasteiger partial charge in [0.1, 0.15) is 5.75 Å². The molecule has 1 N–H and O–H groups in total. The van der Waals surface area contributed by atoms with E-state index < -0.39 is 6.09 Å². The summed E-state index contributed by atoms with van der Waals surface area (Å²) in [6.07, 6.45) is 2.56. The Labute approximate surface area is 229 Å². The highest BCUT2D eigenvalue weighted by molar-refractivity contribution is 6.07. The van der Waals surface area contributed by atoms with Crippen molar-refractivity contribution >= 4 is 23.4 Å². The van der Waals surface area contributed by atoms with E-state index in [-0.39, 0.29) is 11.3 Å². The van der Waals surface area contributed by atoms with Crippen LogP contribution >= 0.6 is 0 Å². The highest BCUT2D eigenvalue weighted by Crippen LogP contribution is 2.49. The van der Waals surface area contributed by atoms with Gasteiger partial charge in [0.15, 0.2) is 0 Å². The Bertz CT molecular complexity index is 1420. The Balaban J connectivity index is 1.21. The number of carbonyl (C=O) groups excluding carboxylic acids is 2. The van der Waals surface area contributed by atoms with Gasteiger partial charge in [-0.2, -0.15) is 0 Å². The third kappa shape index (κ3) is 4.65. The highest BCUT2D eigenvalue weighted by atomic mass is 16.5. The average Bonchev–Trinajstić information content (AvgIpc) is 3.50. The van der Waals surface area contributed by atoms with Crippen LogP contribution in [0.1, 0.15) is 46.8 Å². The summed E-state index contributed by atoms with van der Waals surface area (Å²) < 4.78 is 11.1. The van der Waals surface area contributed by atoms with Crippen LogP contribution in [0.25, 0.3) is 11.1 Å². The van der Waals surface area contributed by atoms with Crippen LogP contribution in [0, 0.1) is 6.92 Å². The van der Waals surface area contributed by atoms with Gasteiger partial charge in [-0.1, -0.05) is 18.2 Å². The molecule has 39 heavy (non-hydrogen) atoms. The van der Waals surface area contributed by atoms with Crippen molar-refractivity contribution < 1.29 is 19.1 Å². The van der Waals surface area contributed by atoms with Crippen molar-refractivity contribution in [3.63, 3.8) is 0 Å². The molecule has 7 nitrogen and oxygen atoms in total. The van der Waals surface area contributed by atoms with Crippen molar-refractivity contribution in [2.45, 2.75) is 38.5 Å². The first-order valence-corrected chi connectivity index (χ1v) is 13.8. The summed E-state index contributed by atoms with van der Waals surface area (Å²) in [4.78, 5) is 29.7. The molecule has 0 saturated carbocycles. The van der Waals surface area contributed by atoms with Crippen LogP contribution in [0.15, 0.2) is 54.6 Å². The molecule has 0 radical (unpaired) electrons. The van der Waals surface area contributed by atoms with Crippen molar-refractivity contribution in [1.82, 2.24) is 4.90 Å². The van der Waals surface area contributed by atoms with Crippen molar-refractivity contribution in [3.8, 4) is 16.9 Å². The Hall–Kier alpha value is -3.84. The monoisotopic (exact) mass is 525 g/mol. The second-order valence-corrected chi connectivity index (χ2v) is 11.0. The van der Waals surface area contributed by atoms with Crippen LogP contribution in [-0.2, 0) is 16.6 Å². The molecule has 3 aliphatic rings. The molecule has 0 aliphatic carbocycles. The number of nitrogens with one attached hydrogen (secondary N) is 1. The zero-order valence-electron chi connectivity index (χ0n) is 22.9. The van der Waals surface area contributed by atoms with Crippen LogP contribution in [0.4, 0.5) is 16.2 Å². The van der Waals surface area contributed by atoms with Gasteiger partial charge < -0.3 is 19.3 Å². The van der Waals surface area contributed by atoms with Crippen molar-refractivity contribution in [1.29, 1.82) is 0 Å². The third-order valence-corrected chi connectivity index (χ3v) is 8.53. The molecule has 0 aromatic heterocycles. The Morgan fingerprint density at radius 3 is 2.51 bits per heavy atom. The lowest BCUT2D eigenvalue weighted by Crippen LogP contribution is -2.42. The molecule has 202 valence electrons. The zero-order chi connectivity index (χ0) is 27.1. The predicted molar refractivity (Wildman–Crippen MR) is 153 cm³/mol. The Morgan fingerprint density at radius 2 is 1.79 bits per heavy atom. The summed E-state index contributed by atoms with van der Waals surface area (Å²) in [5.74, 6) is 1.04. The van der Waals surface area contributed by atoms with E-state index in [9.17, 15) is 9.59 Å². The minimum absolute atomic E-state index is 0.0299. The molecule has 1 fully saturated rings. The van der Waals surface area contributed by atoms with Crippen molar-refractivity contribution in [3.05, 3.63) is 76.9 Å². The van der Waals surface area contributed by atoms with Crippen LogP contribution in [0.5, 0.6) is 5.75 Å². The van der Waals surface area contributed by atoms with Gasteiger partial charge in [-0.3, -0.25) is 10.1 Å². The fourth-order valence-corrected chi connectivity index (χ4v) is 6.21. The summed E-state index contributed by atoms with van der Waals surface area (Å²) in [7, 11) is 2.18. The highest BCUT2D eigenvalue weighted by Gasteiger charge is 2.44. The number of aryl methyl sites for hydroxylation is 1. The van der Waals surface area contributed by atoms with Gasteiger partial charge in [-0.05, 0) is 112 Å². The molecule has 3 heterocycles. The Morgan fingerprint density at radius 1 is 1.03 bits per heavy atom. The number of benzene rings is 3. The number of hydrogen-bond donors (Lipinski definition) is 1.